The number of carbonyl (C=O) groups excluding carboxylic acids is 3. The van der Waals surface area contributed by atoms with Crippen LogP contribution in [0.5, 0.6) is 0 Å². The topological polar surface area (TPSA) is 184 Å². The second kappa shape index (κ2) is 15.5. The van der Waals surface area contributed by atoms with Gasteiger partial charge in [-0.25, -0.2) is 19.2 Å². The molecule has 0 aromatic carbocycles. The van der Waals surface area contributed by atoms with Crippen LogP contribution < -0.4 is 18.9 Å². The maximum Gasteiger partial charge on any atom is 1.00 e. The molecule has 234 valence electrons. The Kier molecular flexibility index (Phi) is 15.5. The van der Waals surface area contributed by atoms with Crippen LogP contribution in [0.15, 0.2) is 0 Å². The molecule has 4 rings (SSSR count). The van der Waals surface area contributed by atoms with Gasteiger partial charge >= 0.3 is 43.0 Å². The fourth-order valence-electron chi connectivity index (χ4n) is 4.89. The monoisotopic (exact) mass is 582 g/mol. The maximum absolute atomic E-state index is 12.2. The predicted molar refractivity (Wildman–Crippen MR) is 147 cm³/mol. The first-order valence-corrected chi connectivity index (χ1v) is 13.9. The van der Waals surface area contributed by atoms with Crippen molar-refractivity contribution >= 4 is 24.1 Å². The maximum atomic E-state index is 12.2. The van der Waals surface area contributed by atoms with Crippen molar-refractivity contribution in [3.8, 4) is 0 Å². The van der Waals surface area contributed by atoms with Crippen LogP contribution >= 0.6 is 0 Å². The van der Waals surface area contributed by atoms with Gasteiger partial charge in [-0.1, -0.05) is 13.8 Å². The number of nitrogens with zero attached hydrogens (tertiary/aromatic N) is 2. The van der Waals surface area contributed by atoms with Crippen LogP contribution in [0.4, 0.5) is 9.59 Å². The SMILES string of the molecule is CC.CC(C)(C)OC(=O)N1CC2(CC2)CC1C(=O)O.CCOC(=O)C1CC2(CC2)CN1C(=O)OC(C)(C)C.O.[Li+].[OH-]. The van der Waals surface area contributed by atoms with Crippen LogP contribution in [0.2, 0.25) is 0 Å². The Morgan fingerprint density at radius 2 is 1.12 bits per heavy atom. The van der Waals surface area contributed by atoms with Gasteiger partial charge in [0.1, 0.15) is 23.3 Å². The standard InChI is InChI=1S/C14H23NO4.C12H19NO4.C2H6.Li.2H2O/c1-5-18-11(16)10-8-14(6-7-14)9-15(10)12(17)19-13(2,3)4;1-11(2,3)17-10(16)13-7-12(4-5-12)6-8(13)9(14)15;1-2;;;/h10H,5-9H2,1-4H3;8H,4-7H2,1-3H3,(H,14,15);1-2H3;;2*1H2/q;;;+1;;/p-1. The molecule has 2 amide bonds. The summed E-state index contributed by atoms with van der Waals surface area (Å²) >= 11 is 0. The van der Waals surface area contributed by atoms with Gasteiger partial charge in [0, 0.05) is 13.1 Å². The second-order valence-corrected chi connectivity index (χ2v) is 12.7. The molecule has 2 unspecified atom stereocenters. The van der Waals surface area contributed by atoms with E-state index in [1.165, 1.54) is 4.90 Å². The van der Waals surface area contributed by atoms with Gasteiger partial charge in [0.25, 0.3) is 0 Å². The van der Waals surface area contributed by atoms with Gasteiger partial charge in [-0.2, -0.15) is 0 Å². The molecule has 2 spiro atoms. The number of aliphatic carboxylic acids is 1. The Bertz CT molecular complexity index is 891. The Morgan fingerprint density at radius 1 is 0.780 bits per heavy atom. The number of carbonyl (C=O) groups is 4. The fraction of sp³-hybridized carbons (Fsp3) is 0.857. The average molecular weight is 583 g/mol. The molecule has 0 bridgehead atoms. The molecular weight excluding hydrogens is 531 g/mol. The molecule has 2 aliphatic heterocycles. The number of carboxylic acid groups (broad SMARTS) is 1. The van der Waals surface area contributed by atoms with Crippen molar-refractivity contribution in [1.82, 2.24) is 9.80 Å². The molecule has 0 aromatic heterocycles. The molecule has 2 saturated carbocycles. The number of hydrogen-bond donors (Lipinski definition) is 1. The summed E-state index contributed by atoms with van der Waals surface area (Å²) in [7, 11) is 0. The van der Waals surface area contributed by atoms with E-state index < -0.39 is 41.4 Å². The molecule has 2 aliphatic carbocycles. The molecule has 4 fully saturated rings. The molecule has 4 N–H and O–H groups in total. The van der Waals surface area contributed by atoms with Crippen molar-refractivity contribution in [2.75, 3.05) is 19.7 Å². The van der Waals surface area contributed by atoms with Crippen LogP contribution in [0.1, 0.15) is 101 Å². The van der Waals surface area contributed by atoms with Gasteiger partial charge in [-0.3, -0.25) is 9.80 Å². The molecule has 0 aromatic rings. The quantitative estimate of drug-likeness (QED) is 0.290. The Hall–Kier alpha value is -2.00. The number of amides is 2. The van der Waals surface area contributed by atoms with Gasteiger partial charge in [-0.05, 0) is 97.8 Å². The van der Waals surface area contributed by atoms with E-state index in [-0.39, 0.29) is 46.6 Å². The van der Waals surface area contributed by atoms with Gasteiger partial charge < -0.3 is 30.3 Å². The van der Waals surface area contributed by atoms with E-state index in [0.29, 0.717) is 32.5 Å². The smallest absolute Gasteiger partial charge is 0.870 e. The number of likely N-dealkylation sites (tertiary alicyclic amines) is 2. The number of hydrogen-bond acceptors (Lipinski definition) is 8. The van der Waals surface area contributed by atoms with Crippen LogP contribution in [0.3, 0.4) is 0 Å². The van der Waals surface area contributed by atoms with Crippen molar-refractivity contribution in [3.63, 3.8) is 0 Å². The summed E-state index contributed by atoms with van der Waals surface area (Å²) in [4.78, 5) is 50.2. The zero-order chi connectivity index (χ0) is 29.1. The largest absolute Gasteiger partial charge is 1.00 e. The molecular formula is C28H51LiN2O10. The van der Waals surface area contributed by atoms with E-state index in [4.69, 9.17) is 19.3 Å². The van der Waals surface area contributed by atoms with E-state index in [1.807, 2.05) is 34.6 Å². The average Bonchev–Trinajstić information content (AvgIpc) is 3.62. The molecule has 2 saturated heterocycles. The number of esters is 1. The summed E-state index contributed by atoms with van der Waals surface area (Å²) in [6.45, 7) is 18.1. The van der Waals surface area contributed by atoms with E-state index in [2.05, 4.69) is 0 Å². The fourth-order valence-corrected chi connectivity index (χ4v) is 4.89. The normalized spacial score (nSPS) is 22.3. The Balaban J connectivity index is 0. The van der Waals surface area contributed by atoms with Crippen LogP contribution in [-0.2, 0) is 23.8 Å². The minimum Gasteiger partial charge on any atom is -0.870 e. The van der Waals surface area contributed by atoms with E-state index >= 15 is 0 Å². The first kappa shape index (κ1) is 41.1. The van der Waals surface area contributed by atoms with Crippen LogP contribution in [0.25, 0.3) is 0 Å². The van der Waals surface area contributed by atoms with Crippen molar-refractivity contribution < 1.29 is 68.3 Å². The number of rotatable bonds is 3. The number of ether oxygens (including phenoxy) is 3. The van der Waals surface area contributed by atoms with Gasteiger partial charge in [0.05, 0.1) is 6.61 Å². The van der Waals surface area contributed by atoms with Crippen molar-refractivity contribution in [2.24, 2.45) is 10.8 Å². The molecule has 41 heavy (non-hydrogen) atoms. The summed E-state index contributed by atoms with van der Waals surface area (Å²) < 4.78 is 15.7. The van der Waals surface area contributed by atoms with E-state index in [9.17, 15) is 19.2 Å². The van der Waals surface area contributed by atoms with Gasteiger partial charge in [0.15, 0.2) is 0 Å². The minimum atomic E-state index is -0.931. The minimum absolute atomic E-state index is 0. The van der Waals surface area contributed by atoms with Crippen molar-refractivity contribution in [3.05, 3.63) is 0 Å². The third-order valence-corrected chi connectivity index (χ3v) is 7.03. The summed E-state index contributed by atoms with van der Waals surface area (Å²) in [6.07, 6.45) is 4.59. The predicted octanol–water partition coefficient (Wildman–Crippen LogP) is 1.23. The second-order valence-electron chi connectivity index (χ2n) is 12.7. The van der Waals surface area contributed by atoms with Crippen LogP contribution in [-0.4, -0.2) is 93.0 Å². The molecule has 2 heterocycles. The number of carboxylic acids is 1. The van der Waals surface area contributed by atoms with E-state index in [0.717, 1.165) is 25.7 Å². The van der Waals surface area contributed by atoms with Crippen molar-refractivity contribution in [1.29, 1.82) is 0 Å². The summed E-state index contributed by atoms with van der Waals surface area (Å²) in [6, 6.07) is -1.19. The van der Waals surface area contributed by atoms with Gasteiger partial charge in [0.2, 0.25) is 0 Å². The van der Waals surface area contributed by atoms with Crippen molar-refractivity contribution in [2.45, 2.75) is 124 Å². The first-order valence-electron chi connectivity index (χ1n) is 13.9. The molecule has 4 aliphatic rings. The molecule has 2 atom stereocenters. The Morgan fingerprint density at radius 3 is 1.41 bits per heavy atom. The van der Waals surface area contributed by atoms with E-state index in [1.54, 1.807) is 32.6 Å². The zero-order valence-electron chi connectivity index (χ0n) is 26.7. The third kappa shape index (κ3) is 11.7. The summed E-state index contributed by atoms with van der Waals surface area (Å²) in [5.74, 6) is -1.24. The molecule has 0 radical (unpaired) electrons. The molecule has 12 nitrogen and oxygen atoms in total. The van der Waals surface area contributed by atoms with Crippen LogP contribution in [0, 0.1) is 10.8 Å². The van der Waals surface area contributed by atoms with Gasteiger partial charge in [-0.15, -0.1) is 0 Å². The zero-order valence-corrected chi connectivity index (χ0v) is 26.7. The summed E-state index contributed by atoms with van der Waals surface area (Å²) in [5.41, 5.74) is -0.913. The third-order valence-electron chi connectivity index (χ3n) is 7.03. The molecule has 13 heteroatoms. The first-order chi connectivity index (χ1) is 17.5. The summed E-state index contributed by atoms with van der Waals surface area (Å²) in [5, 5.41) is 9.14. The Labute approximate surface area is 256 Å².